The average Bonchev–Trinajstić information content (AvgIpc) is 2.31. The minimum atomic E-state index is 0.840. The number of fused-ring (bicyclic) bond motifs is 1. The Bertz CT molecular complexity index is 514. The van der Waals surface area contributed by atoms with Gasteiger partial charge in [-0.3, -0.25) is 0 Å². The van der Waals surface area contributed by atoms with Crippen LogP contribution in [0.4, 0.5) is 0 Å². The first-order chi connectivity index (χ1) is 6.52. The molecule has 0 saturated carbocycles. The van der Waals surface area contributed by atoms with Gasteiger partial charge in [0.05, 0.1) is 9.39 Å². The summed E-state index contributed by atoms with van der Waals surface area (Å²) in [5.74, 6) is 0.840. The molecule has 4 heteroatoms. The average molecular weight is 301 g/mol. The molecule has 0 saturated heterocycles. The highest BCUT2D eigenvalue weighted by Crippen LogP contribution is 2.26. The second-order valence-electron chi connectivity index (χ2n) is 3.53. The fraction of sp³-hybridized carbons (Fsp3) is 0.400. The van der Waals surface area contributed by atoms with Crippen molar-refractivity contribution in [3.05, 3.63) is 20.8 Å². The second kappa shape index (κ2) is 3.18. The van der Waals surface area contributed by atoms with Gasteiger partial charge in [0.25, 0.3) is 0 Å². The number of rotatable bonds is 0. The van der Waals surface area contributed by atoms with E-state index in [1.54, 1.807) is 0 Å². The van der Waals surface area contributed by atoms with Crippen LogP contribution in [-0.2, 0) is 7.05 Å². The highest BCUT2D eigenvalue weighted by molar-refractivity contribution is 14.1. The van der Waals surface area contributed by atoms with Crippen molar-refractivity contribution in [3.8, 4) is 0 Å². The Hall–Kier alpha value is -0.650. The van der Waals surface area contributed by atoms with E-state index < -0.39 is 0 Å². The van der Waals surface area contributed by atoms with Gasteiger partial charge in [0.2, 0.25) is 0 Å². The van der Waals surface area contributed by atoms with Crippen LogP contribution in [0.1, 0.15) is 17.1 Å². The van der Waals surface area contributed by atoms with Crippen LogP contribution in [0.15, 0.2) is 0 Å². The van der Waals surface area contributed by atoms with Crippen LogP contribution >= 0.6 is 22.6 Å². The highest BCUT2D eigenvalue weighted by atomic mass is 127. The first kappa shape index (κ1) is 9.89. The monoisotopic (exact) mass is 301 g/mol. The van der Waals surface area contributed by atoms with Gasteiger partial charge in [0.15, 0.2) is 0 Å². The Labute approximate surface area is 96.7 Å². The third-order valence-electron chi connectivity index (χ3n) is 2.48. The molecule has 0 unspecified atom stereocenters. The number of hydrogen-bond donors (Lipinski definition) is 0. The van der Waals surface area contributed by atoms with Crippen LogP contribution in [0, 0.1) is 24.5 Å². The standard InChI is InChI=1S/C10H12IN3/c1-5-8-6(2)12-7(3)13-10(8)14(4)9(5)11/h1-4H3. The Morgan fingerprint density at radius 1 is 1.14 bits per heavy atom. The molecular weight excluding hydrogens is 289 g/mol. The molecule has 0 aliphatic rings. The Kier molecular flexibility index (Phi) is 2.25. The van der Waals surface area contributed by atoms with Gasteiger partial charge in [-0.05, 0) is 48.9 Å². The lowest BCUT2D eigenvalue weighted by Crippen LogP contribution is -1.96. The van der Waals surface area contributed by atoms with E-state index >= 15 is 0 Å². The van der Waals surface area contributed by atoms with Crippen molar-refractivity contribution in [2.24, 2.45) is 7.05 Å². The zero-order chi connectivity index (χ0) is 10.5. The largest absolute Gasteiger partial charge is 0.324 e. The van der Waals surface area contributed by atoms with E-state index in [-0.39, 0.29) is 0 Å². The predicted octanol–water partition coefficient (Wildman–Crippen LogP) is 2.50. The summed E-state index contributed by atoms with van der Waals surface area (Å²) >= 11 is 2.35. The summed E-state index contributed by atoms with van der Waals surface area (Å²) in [6.45, 7) is 6.09. The van der Waals surface area contributed by atoms with E-state index in [1.807, 2.05) is 20.9 Å². The number of nitrogens with zero attached hydrogens (tertiary/aromatic N) is 3. The van der Waals surface area contributed by atoms with Crippen LogP contribution in [0.3, 0.4) is 0 Å². The van der Waals surface area contributed by atoms with Crippen molar-refractivity contribution in [2.45, 2.75) is 20.8 Å². The molecule has 0 spiro atoms. The first-order valence-corrected chi connectivity index (χ1v) is 5.56. The van der Waals surface area contributed by atoms with E-state index in [9.17, 15) is 0 Å². The van der Waals surface area contributed by atoms with Gasteiger partial charge in [0, 0.05) is 12.4 Å². The Morgan fingerprint density at radius 2 is 1.79 bits per heavy atom. The summed E-state index contributed by atoms with van der Waals surface area (Å²) in [5.41, 5.74) is 3.39. The van der Waals surface area contributed by atoms with Crippen molar-refractivity contribution in [2.75, 3.05) is 0 Å². The van der Waals surface area contributed by atoms with Crippen molar-refractivity contribution in [1.82, 2.24) is 14.5 Å². The molecule has 74 valence electrons. The lowest BCUT2D eigenvalue weighted by atomic mass is 10.2. The van der Waals surface area contributed by atoms with Crippen LogP contribution in [0.25, 0.3) is 11.0 Å². The number of aryl methyl sites for hydroxylation is 4. The predicted molar refractivity (Wildman–Crippen MR) is 65.4 cm³/mol. The second-order valence-corrected chi connectivity index (χ2v) is 4.55. The number of halogens is 1. The van der Waals surface area contributed by atoms with Gasteiger partial charge >= 0.3 is 0 Å². The lowest BCUT2D eigenvalue weighted by Gasteiger charge is -2.00. The molecule has 2 aromatic heterocycles. The maximum absolute atomic E-state index is 4.46. The topological polar surface area (TPSA) is 30.7 Å². The zero-order valence-corrected chi connectivity index (χ0v) is 10.9. The Balaban J connectivity index is 3.02. The molecule has 0 atom stereocenters. The molecule has 0 bridgehead atoms. The van der Waals surface area contributed by atoms with E-state index in [0.717, 1.165) is 17.2 Å². The maximum atomic E-state index is 4.46. The lowest BCUT2D eigenvalue weighted by molar-refractivity contribution is 0.900. The molecular formula is C10H12IN3. The molecule has 2 rings (SSSR count). The highest BCUT2D eigenvalue weighted by Gasteiger charge is 2.13. The molecule has 3 nitrogen and oxygen atoms in total. The molecule has 0 aliphatic heterocycles. The van der Waals surface area contributed by atoms with Crippen LogP contribution < -0.4 is 0 Å². The molecule has 0 aromatic carbocycles. The van der Waals surface area contributed by atoms with Gasteiger partial charge in [-0.25, -0.2) is 9.97 Å². The Morgan fingerprint density at radius 3 is 2.43 bits per heavy atom. The molecule has 0 fully saturated rings. The first-order valence-electron chi connectivity index (χ1n) is 4.48. The molecule has 2 heterocycles. The minimum absolute atomic E-state index is 0.840. The van der Waals surface area contributed by atoms with Gasteiger partial charge in [-0.2, -0.15) is 0 Å². The normalized spacial score (nSPS) is 11.2. The summed E-state index contributed by atoms with van der Waals surface area (Å²) in [6.07, 6.45) is 0. The zero-order valence-electron chi connectivity index (χ0n) is 8.72. The van der Waals surface area contributed by atoms with Crippen molar-refractivity contribution < 1.29 is 0 Å². The molecule has 2 aromatic rings. The summed E-state index contributed by atoms with van der Waals surface area (Å²) in [7, 11) is 2.04. The van der Waals surface area contributed by atoms with E-state index in [1.165, 1.54) is 14.7 Å². The summed E-state index contributed by atoms with van der Waals surface area (Å²) in [6, 6.07) is 0. The number of aromatic nitrogens is 3. The summed E-state index contributed by atoms with van der Waals surface area (Å²) in [4.78, 5) is 8.85. The van der Waals surface area contributed by atoms with Gasteiger partial charge in [-0.1, -0.05) is 0 Å². The quantitative estimate of drug-likeness (QED) is 0.700. The molecule has 0 radical (unpaired) electrons. The third kappa shape index (κ3) is 1.24. The smallest absolute Gasteiger partial charge is 0.144 e. The van der Waals surface area contributed by atoms with Crippen LogP contribution in [-0.4, -0.2) is 14.5 Å². The van der Waals surface area contributed by atoms with Crippen molar-refractivity contribution in [1.29, 1.82) is 0 Å². The third-order valence-corrected chi connectivity index (χ3v) is 4.01. The molecule has 14 heavy (non-hydrogen) atoms. The van der Waals surface area contributed by atoms with E-state index in [0.29, 0.717) is 0 Å². The van der Waals surface area contributed by atoms with E-state index in [4.69, 9.17) is 0 Å². The van der Waals surface area contributed by atoms with Crippen LogP contribution in [0.5, 0.6) is 0 Å². The SMILES string of the molecule is Cc1nc(C)c2c(C)c(I)n(C)c2n1. The van der Waals surface area contributed by atoms with E-state index in [2.05, 4.69) is 44.0 Å². The minimum Gasteiger partial charge on any atom is -0.324 e. The van der Waals surface area contributed by atoms with Crippen LogP contribution in [0.2, 0.25) is 0 Å². The summed E-state index contributed by atoms with van der Waals surface area (Å²) in [5, 5.41) is 1.20. The van der Waals surface area contributed by atoms with Gasteiger partial charge in [0.1, 0.15) is 11.5 Å². The maximum Gasteiger partial charge on any atom is 0.144 e. The molecule has 0 aliphatic carbocycles. The van der Waals surface area contributed by atoms with Crippen molar-refractivity contribution in [3.63, 3.8) is 0 Å². The number of hydrogen-bond acceptors (Lipinski definition) is 2. The van der Waals surface area contributed by atoms with Crippen molar-refractivity contribution >= 4 is 33.6 Å². The summed E-state index contributed by atoms with van der Waals surface area (Å²) < 4.78 is 3.35. The fourth-order valence-corrected chi connectivity index (χ4v) is 2.32. The molecule has 0 amide bonds. The molecule has 0 N–H and O–H groups in total. The van der Waals surface area contributed by atoms with Gasteiger partial charge < -0.3 is 4.57 Å². The van der Waals surface area contributed by atoms with Gasteiger partial charge in [-0.15, -0.1) is 0 Å². The fourth-order valence-electron chi connectivity index (χ4n) is 1.82.